The van der Waals surface area contributed by atoms with Crippen molar-refractivity contribution < 1.29 is 18.8 Å². The van der Waals surface area contributed by atoms with Crippen molar-refractivity contribution in [3.63, 3.8) is 0 Å². The maximum Gasteiger partial charge on any atom is 0.255 e. The van der Waals surface area contributed by atoms with Crippen LogP contribution >= 0.6 is 11.6 Å². The maximum absolute atomic E-state index is 14.6. The molecule has 9 heteroatoms. The van der Waals surface area contributed by atoms with Crippen LogP contribution in [0.5, 0.6) is 0 Å². The first-order chi connectivity index (χ1) is 16.3. The molecule has 1 atom stereocenters. The minimum absolute atomic E-state index is 0.110. The van der Waals surface area contributed by atoms with Crippen LogP contribution in [-0.4, -0.2) is 46.7 Å². The molecule has 2 aromatic rings. The number of nitrogens with one attached hydrogen (secondary N) is 1. The van der Waals surface area contributed by atoms with E-state index >= 15 is 0 Å². The largest absolute Gasteiger partial charge is 0.398 e. The first-order valence-electron chi connectivity index (χ1n) is 11.5. The number of imide groups is 1. The van der Waals surface area contributed by atoms with Crippen LogP contribution in [0.1, 0.15) is 58.6 Å². The van der Waals surface area contributed by atoms with E-state index < -0.39 is 17.8 Å². The SMILES string of the molecule is Nc1cccc(Cl)c1CN1CCC(c2cc(F)cc3c2CN(C2CCC(=O)NC2=O)C3=O)CC1. The van der Waals surface area contributed by atoms with E-state index in [4.69, 9.17) is 17.3 Å². The number of rotatable bonds is 4. The van der Waals surface area contributed by atoms with Crippen LogP contribution in [0.3, 0.4) is 0 Å². The Morgan fingerprint density at radius 1 is 1.12 bits per heavy atom. The quantitative estimate of drug-likeness (QED) is 0.513. The number of anilines is 1. The number of hydrogen-bond donors (Lipinski definition) is 2. The minimum Gasteiger partial charge on any atom is -0.398 e. The van der Waals surface area contributed by atoms with Crippen LogP contribution in [0.4, 0.5) is 10.1 Å². The Balaban J connectivity index is 1.32. The molecule has 1 unspecified atom stereocenters. The van der Waals surface area contributed by atoms with Gasteiger partial charge in [-0.05, 0) is 73.7 Å². The lowest BCUT2D eigenvalue weighted by Crippen LogP contribution is -2.52. The molecular weight excluding hydrogens is 459 g/mol. The second-order valence-corrected chi connectivity index (χ2v) is 9.69. The number of amides is 3. The zero-order valence-corrected chi connectivity index (χ0v) is 19.4. The predicted molar refractivity (Wildman–Crippen MR) is 126 cm³/mol. The number of benzene rings is 2. The Morgan fingerprint density at radius 2 is 1.88 bits per heavy atom. The summed E-state index contributed by atoms with van der Waals surface area (Å²) in [4.78, 5) is 40.7. The predicted octanol–water partition coefficient (Wildman–Crippen LogP) is 3.20. The van der Waals surface area contributed by atoms with Crippen LogP contribution in [0.15, 0.2) is 30.3 Å². The van der Waals surface area contributed by atoms with Gasteiger partial charge >= 0.3 is 0 Å². The number of fused-ring (bicyclic) bond motifs is 1. The Kier molecular flexibility index (Phi) is 6.04. The van der Waals surface area contributed by atoms with E-state index in [2.05, 4.69) is 10.2 Å². The number of halogens is 2. The summed E-state index contributed by atoms with van der Waals surface area (Å²) in [5.74, 6) is -1.48. The van der Waals surface area contributed by atoms with E-state index in [1.165, 1.54) is 17.0 Å². The number of hydrogen-bond acceptors (Lipinski definition) is 5. The number of nitrogens with two attached hydrogens (primary N) is 1. The van der Waals surface area contributed by atoms with Gasteiger partial charge in [0, 0.05) is 41.3 Å². The first-order valence-corrected chi connectivity index (χ1v) is 11.9. The van der Waals surface area contributed by atoms with Crippen molar-refractivity contribution >= 4 is 35.0 Å². The van der Waals surface area contributed by atoms with Crippen molar-refractivity contribution in [2.45, 2.75) is 50.7 Å². The smallest absolute Gasteiger partial charge is 0.255 e. The first kappa shape index (κ1) is 22.8. The molecular formula is C25H26ClFN4O3. The minimum atomic E-state index is -0.712. The normalized spacial score (nSPS) is 21.6. The van der Waals surface area contributed by atoms with E-state index in [0.29, 0.717) is 22.8 Å². The number of likely N-dealkylation sites (tertiary alicyclic amines) is 1. The summed E-state index contributed by atoms with van der Waals surface area (Å²) in [6.07, 6.45) is 2.09. The third-order valence-electron chi connectivity index (χ3n) is 7.22. The molecule has 178 valence electrons. The van der Waals surface area contributed by atoms with Crippen LogP contribution < -0.4 is 11.1 Å². The van der Waals surface area contributed by atoms with Crippen LogP contribution in [0.25, 0.3) is 0 Å². The van der Waals surface area contributed by atoms with Crippen LogP contribution in [0.2, 0.25) is 5.02 Å². The van der Waals surface area contributed by atoms with Gasteiger partial charge in [0.1, 0.15) is 11.9 Å². The second kappa shape index (κ2) is 9.00. The standard InChI is InChI=1S/C25H26ClFN4O3/c26-20-2-1-3-21(28)19(20)12-30-8-6-14(7-9-30)16-10-15(27)11-17-18(16)13-31(25(17)34)22-4-5-23(32)29-24(22)33/h1-3,10-11,14,22H,4-9,12-13,28H2,(H,29,32,33). The van der Waals surface area contributed by atoms with Crippen molar-refractivity contribution in [3.8, 4) is 0 Å². The number of nitrogen functional groups attached to an aromatic ring is 1. The summed E-state index contributed by atoms with van der Waals surface area (Å²) >= 11 is 6.33. The second-order valence-electron chi connectivity index (χ2n) is 9.28. The Bertz CT molecular complexity index is 1160. The van der Waals surface area contributed by atoms with E-state index in [0.717, 1.165) is 42.6 Å². The van der Waals surface area contributed by atoms with E-state index in [1.807, 2.05) is 18.2 Å². The topological polar surface area (TPSA) is 95.7 Å². The van der Waals surface area contributed by atoms with Gasteiger partial charge in [0.25, 0.3) is 5.91 Å². The fraction of sp³-hybridized carbons (Fsp3) is 0.400. The monoisotopic (exact) mass is 484 g/mol. The summed E-state index contributed by atoms with van der Waals surface area (Å²) in [6, 6.07) is 7.60. The van der Waals surface area contributed by atoms with Crippen molar-refractivity contribution in [2.75, 3.05) is 18.8 Å². The highest BCUT2D eigenvalue weighted by atomic mass is 35.5. The summed E-state index contributed by atoms with van der Waals surface area (Å²) < 4.78 is 14.6. The highest BCUT2D eigenvalue weighted by molar-refractivity contribution is 6.31. The van der Waals surface area contributed by atoms with Gasteiger partial charge in [-0.15, -0.1) is 0 Å². The van der Waals surface area contributed by atoms with Gasteiger partial charge in [0.15, 0.2) is 0 Å². The Morgan fingerprint density at radius 3 is 2.59 bits per heavy atom. The zero-order valence-electron chi connectivity index (χ0n) is 18.7. The molecule has 3 heterocycles. The molecule has 2 aromatic carbocycles. The Hall–Kier alpha value is -2.97. The molecule has 0 aromatic heterocycles. The van der Waals surface area contributed by atoms with Crippen molar-refractivity contribution in [2.24, 2.45) is 0 Å². The molecule has 0 radical (unpaired) electrons. The zero-order chi connectivity index (χ0) is 24.0. The van der Waals surface area contributed by atoms with Gasteiger partial charge < -0.3 is 10.6 Å². The number of carbonyl (C=O) groups is 3. The van der Waals surface area contributed by atoms with Crippen molar-refractivity contribution in [1.29, 1.82) is 0 Å². The van der Waals surface area contributed by atoms with Gasteiger partial charge in [-0.2, -0.15) is 0 Å². The lowest BCUT2D eigenvalue weighted by Gasteiger charge is -2.33. The molecule has 34 heavy (non-hydrogen) atoms. The highest BCUT2D eigenvalue weighted by Crippen LogP contribution is 2.38. The summed E-state index contributed by atoms with van der Waals surface area (Å²) in [7, 11) is 0. The average Bonchev–Trinajstić information content (AvgIpc) is 3.12. The molecule has 0 bridgehead atoms. The number of nitrogens with zero attached hydrogens (tertiary/aromatic N) is 2. The highest BCUT2D eigenvalue weighted by Gasteiger charge is 2.41. The molecule has 3 amide bonds. The van der Waals surface area contributed by atoms with Crippen LogP contribution in [-0.2, 0) is 22.7 Å². The molecule has 7 nitrogen and oxygen atoms in total. The number of piperidine rings is 2. The fourth-order valence-corrected chi connectivity index (χ4v) is 5.63. The Labute approximate surface area is 202 Å². The van der Waals surface area contributed by atoms with Gasteiger partial charge in [-0.1, -0.05) is 17.7 Å². The van der Waals surface area contributed by atoms with E-state index in [1.54, 1.807) is 0 Å². The molecule has 0 saturated carbocycles. The number of carbonyl (C=O) groups excluding carboxylic acids is 3. The molecule has 0 spiro atoms. The van der Waals surface area contributed by atoms with Crippen molar-refractivity contribution in [3.05, 3.63) is 63.4 Å². The third kappa shape index (κ3) is 4.16. The van der Waals surface area contributed by atoms with Gasteiger partial charge in [-0.3, -0.25) is 24.6 Å². The molecule has 0 aliphatic carbocycles. The molecule has 3 aliphatic heterocycles. The molecule has 2 saturated heterocycles. The fourth-order valence-electron chi connectivity index (χ4n) is 5.39. The van der Waals surface area contributed by atoms with Crippen LogP contribution in [0, 0.1) is 5.82 Å². The lowest BCUT2D eigenvalue weighted by atomic mass is 9.85. The van der Waals surface area contributed by atoms with Gasteiger partial charge in [-0.25, -0.2) is 4.39 Å². The third-order valence-corrected chi connectivity index (χ3v) is 7.57. The molecule has 5 rings (SSSR count). The summed E-state index contributed by atoms with van der Waals surface area (Å²) in [5.41, 5.74) is 9.65. The maximum atomic E-state index is 14.6. The molecule has 2 fully saturated rings. The summed E-state index contributed by atoms with van der Waals surface area (Å²) in [5, 5.41) is 2.96. The van der Waals surface area contributed by atoms with E-state index in [9.17, 15) is 18.8 Å². The van der Waals surface area contributed by atoms with Crippen molar-refractivity contribution in [1.82, 2.24) is 15.1 Å². The van der Waals surface area contributed by atoms with Gasteiger partial charge in [0.05, 0.1) is 0 Å². The lowest BCUT2D eigenvalue weighted by molar-refractivity contribution is -0.136. The average molecular weight is 485 g/mol. The van der Waals surface area contributed by atoms with E-state index in [-0.39, 0.29) is 37.1 Å². The molecule has 3 aliphatic rings. The van der Waals surface area contributed by atoms with Gasteiger partial charge in [0.2, 0.25) is 11.8 Å². The molecule has 3 N–H and O–H groups in total. The summed E-state index contributed by atoms with van der Waals surface area (Å²) in [6.45, 7) is 2.50.